The summed E-state index contributed by atoms with van der Waals surface area (Å²) >= 11 is 1.65. The van der Waals surface area contributed by atoms with E-state index >= 15 is 0 Å². The van der Waals surface area contributed by atoms with Crippen molar-refractivity contribution in [2.45, 2.75) is 24.5 Å². The van der Waals surface area contributed by atoms with Crippen molar-refractivity contribution in [3.05, 3.63) is 70.8 Å². The highest BCUT2D eigenvalue weighted by molar-refractivity contribution is 7.98. The molecule has 0 aliphatic heterocycles. The maximum atomic E-state index is 12.3. The molecule has 0 atom stereocenters. The Bertz CT molecular complexity index is 802. The van der Waals surface area contributed by atoms with Crippen molar-refractivity contribution in [2.24, 2.45) is 0 Å². The van der Waals surface area contributed by atoms with Gasteiger partial charge in [0.1, 0.15) is 11.4 Å². The van der Waals surface area contributed by atoms with Crippen molar-refractivity contribution in [2.75, 3.05) is 0 Å². The van der Waals surface area contributed by atoms with Gasteiger partial charge in [-0.25, -0.2) is 4.73 Å². The molecule has 21 heavy (non-hydrogen) atoms. The summed E-state index contributed by atoms with van der Waals surface area (Å²) in [6, 6.07) is 15.9. The number of thioether (sulfide) groups is 1. The first-order valence-electron chi connectivity index (χ1n) is 6.83. The van der Waals surface area contributed by atoms with Crippen LogP contribution in [0.4, 0.5) is 0 Å². The molecule has 3 nitrogen and oxygen atoms in total. The zero-order valence-electron chi connectivity index (χ0n) is 12.0. The first-order chi connectivity index (χ1) is 10.2. The first kappa shape index (κ1) is 13.9. The van der Waals surface area contributed by atoms with Gasteiger partial charge in [0.05, 0.1) is 5.39 Å². The summed E-state index contributed by atoms with van der Waals surface area (Å²) in [4.78, 5) is 5.70. The van der Waals surface area contributed by atoms with Crippen LogP contribution in [0.25, 0.3) is 10.9 Å². The SMILES string of the molecule is Cc1ccccc1SCc1nc2ccccc2c(C)[n+]1[O-]. The van der Waals surface area contributed by atoms with Crippen molar-refractivity contribution in [3.63, 3.8) is 0 Å². The standard InChI is InChI=1S/C17H16N2OS/c1-12-7-3-6-10-16(12)21-11-17-18-15-9-5-4-8-14(15)13(2)19(17)20/h3-10H,11H2,1-2H3. The van der Waals surface area contributed by atoms with E-state index in [1.807, 2.05) is 43.3 Å². The smallest absolute Gasteiger partial charge is 0.312 e. The minimum Gasteiger partial charge on any atom is -0.711 e. The fourth-order valence-corrected chi connectivity index (χ4v) is 3.25. The third-order valence-corrected chi connectivity index (χ3v) is 4.70. The lowest BCUT2D eigenvalue weighted by molar-refractivity contribution is -0.621. The Hall–Kier alpha value is -2.07. The largest absolute Gasteiger partial charge is 0.711 e. The fraction of sp³-hybridized carbons (Fsp3) is 0.176. The second-order valence-electron chi connectivity index (χ2n) is 4.98. The maximum Gasteiger partial charge on any atom is 0.312 e. The first-order valence-corrected chi connectivity index (χ1v) is 7.81. The van der Waals surface area contributed by atoms with E-state index in [4.69, 9.17) is 0 Å². The van der Waals surface area contributed by atoms with E-state index in [1.54, 1.807) is 11.8 Å². The number of hydrogen-bond acceptors (Lipinski definition) is 3. The molecule has 0 bridgehead atoms. The Labute approximate surface area is 128 Å². The van der Waals surface area contributed by atoms with Crippen LogP contribution in [0.3, 0.4) is 0 Å². The van der Waals surface area contributed by atoms with Gasteiger partial charge < -0.3 is 5.21 Å². The normalized spacial score (nSPS) is 11.0. The van der Waals surface area contributed by atoms with Gasteiger partial charge in [0.15, 0.2) is 5.52 Å². The molecule has 0 saturated carbocycles. The van der Waals surface area contributed by atoms with E-state index in [-0.39, 0.29) is 0 Å². The van der Waals surface area contributed by atoms with Crippen LogP contribution < -0.4 is 4.73 Å². The van der Waals surface area contributed by atoms with Crippen molar-refractivity contribution in [1.29, 1.82) is 0 Å². The van der Waals surface area contributed by atoms with Gasteiger partial charge in [0, 0.05) is 4.90 Å². The highest BCUT2D eigenvalue weighted by atomic mass is 32.2. The van der Waals surface area contributed by atoms with Gasteiger partial charge in [-0.05, 0) is 42.6 Å². The fourth-order valence-electron chi connectivity index (χ4n) is 2.32. The van der Waals surface area contributed by atoms with E-state index in [0.717, 1.165) is 15.6 Å². The molecule has 0 aliphatic rings. The Morgan fingerprint density at radius 3 is 2.57 bits per heavy atom. The molecule has 3 rings (SSSR count). The Morgan fingerprint density at radius 2 is 1.76 bits per heavy atom. The number of fused-ring (bicyclic) bond motifs is 1. The average Bonchev–Trinajstić information content (AvgIpc) is 2.51. The third kappa shape index (κ3) is 2.72. The molecule has 0 radical (unpaired) electrons. The van der Waals surface area contributed by atoms with Crippen molar-refractivity contribution < 1.29 is 4.73 Å². The van der Waals surface area contributed by atoms with Crippen molar-refractivity contribution in [1.82, 2.24) is 4.98 Å². The molecule has 1 aromatic heterocycles. The second-order valence-corrected chi connectivity index (χ2v) is 6.00. The molecule has 3 aromatic rings. The third-order valence-electron chi connectivity index (χ3n) is 3.53. The lowest BCUT2D eigenvalue weighted by Crippen LogP contribution is -2.36. The zero-order valence-corrected chi connectivity index (χ0v) is 12.9. The predicted octanol–water partition coefficient (Wildman–Crippen LogP) is 3.78. The van der Waals surface area contributed by atoms with E-state index in [1.165, 1.54) is 10.5 Å². The summed E-state index contributed by atoms with van der Waals surface area (Å²) in [7, 11) is 0. The number of nitrogens with zero attached hydrogens (tertiary/aromatic N) is 2. The van der Waals surface area contributed by atoms with Gasteiger partial charge >= 0.3 is 5.82 Å². The van der Waals surface area contributed by atoms with Crippen LogP contribution >= 0.6 is 11.8 Å². The second kappa shape index (κ2) is 5.74. The van der Waals surface area contributed by atoms with Crippen LogP contribution in [0.5, 0.6) is 0 Å². The monoisotopic (exact) mass is 296 g/mol. The minimum atomic E-state index is 0.555. The zero-order chi connectivity index (χ0) is 14.8. The molecule has 0 amide bonds. The summed E-state index contributed by atoms with van der Waals surface area (Å²) in [5.41, 5.74) is 2.81. The van der Waals surface area contributed by atoms with Gasteiger partial charge in [0.25, 0.3) is 0 Å². The number of aryl methyl sites for hydroxylation is 2. The van der Waals surface area contributed by atoms with E-state index in [0.29, 0.717) is 17.3 Å². The molecule has 0 aliphatic carbocycles. The summed E-state index contributed by atoms with van der Waals surface area (Å²) in [5.74, 6) is 1.12. The van der Waals surface area contributed by atoms with Gasteiger partial charge in [-0.15, -0.1) is 11.8 Å². The molecule has 2 aromatic carbocycles. The van der Waals surface area contributed by atoms with Gasteiger partial charge in [-0.3, -0.25) is 0 Å². The number of para-hydroxylation sites is 1. The topological polar surface area (TPSA) is 39.8 Å². The van der Waals surface area contributed by atoms with Crippen LogP contribution in [0, 0.1) is 19.1 Å². The molecular formula is C17H16N2OS. The number of aromatic nitrogens is 2. The lowest BCUT2D eigenvalue weighted by Gasteiger charge is -2.11. The van der Waals surface area contributed by atoms with Gasteiger partial charge in [-0.1, -0.05) is 30.3 Å². The highest BCUT2D eigenvalue weighted by Gasteiger charge is 2.15. The molecule has 1 heterocycles. The Morgan fingerprint density at radius 1 is 1.05 bits per heavy atom. The molecule has 106 valence electrons. The van der Waals surface area contributed by atoms with Crippen LogP contribution in [0.2, 0.25) is 0 Å². The lowest BCUT2D eigenvalue weighted by atomic mass is 10.2. The summed E-state index contributed by atoms with van der Waals surface area (Å²) in [5, 5.41) is 13.2. The summed E-state index contributed by atoms with van der Waals surface area (Å²) in [6.07, 6.45) is 0. The van der Waals surface area contributed by atoms with Gasteiger partial charge in [-0.2, -0.15) is 0 Å². The van der Waals surface area contributed by atoms with Crippen LogP contribution in [0.1, 0.15) is 17.1 Å². The average molecular weight is 296 g/mol. The van der Waals surface area contributed by atoms with Crippen LogP contribution in [-0.2, 0) is 5.75 Å². The van der Waals surface area contributed by atoms with Gasteiger partial charge in [0.2, 0.25) is 0 Å². The quantitative estimate of drug-likeness (QED) is 0.419. The Kier molecular flexibility index (Phi) is 3.80. The molecule has 4 heteroatoms. The Balaban J connectivity index is 1.94. The van der Waals surface area contributed by atoms with Crippen molar-refractivity contribution >= 4 is 22.7 Å². The van der Waals surface area contributed by atoms with E-state index < -0.39 is 0 Å². The number of hydrogen-bond donors (Lipinski definition) is 0. The number of rotatable bonds is 3. The van der Waals surface area contributed by atoms with E-state index in [9.17, 15) is 5.21 Å². The number of benzene rings is 2. The van der Waals surface area contributed by atoms with Crippen LogP contribution in [-0.4, -0.2) is 4.98 Å². The minimum absolute atomic E-state index is 0.555. The van der Waals surface area contributed by atoms with E-state index in [2.05, 4.69) is 24.0 Å². The molecular weight excluding hydrogens is 280 g/mol. The molecule has 0 fully saturated rings. The highest BCUT2D eigenvalue weighted by Crippen LogP contribution is 2.25. The predicted molar refractivity (Wildman–Crippen MR) is 86.2 cm³/mol. The molecule has 0 unspecified atom stereocenters. The summed E-state index contributed by atoms with van der Waals surface area (Å²) < 4.78 is 0.952. The summed E-state index contributed by atoms with van der Waals surface area (Å²) in [6.45, 7) is 3.92. The maximum absolute atomic E-state index is 12.3. The molecule has 0 spiro atoms. The van der Waals surface area contributed by atoms with Crippen molar-refractivity contribution in [3.8, 4) is 0 Å². The molecule has 0 N–H and O–H groups in total. The molecule has 0 saturated heterocycles. The van der Waals surface area contributed by atoms with Crippen LogP contribution in [0.15, 0.2) is 53.4 Å².